The summed E-state index contributed by atoms with van der Waals surface area (Å²) in [6.45, 7) is 6.30. The van der Waals surface area contributed by atoms with Crippen LogP contribution in [0.4, 0.5) is 5.69 Å². The maximum absolute atomic E-state index is 12.4. The van der Waals surface area contributed by atoms with Gasteiger partial charge in [0.25, 0.3) is 0 Å². The first-order chi connectivity index (χ1) is 9.94. The molecule has 0 saturated carbocycles. The zero-order chi connectivity index (χ0) is 15.5. The highest BCUT2D eigenvalue weighted by Gasteiger charge is 2.27. The summed E-state index contributed by atoms with van der Waals surface area (Å²) >= 11 is 6.02. The molecule has 0 aliphatic carbocycles. The van der Waals surface area contributed by atoms with Gasteiger partial charge in [0, 0.05) is 5.02 Å². The van der Waals surface area contributed by atoms with Crippen molar-refractivity contribution < 1.29 is 4.79 Å². The van der Waals surface area contributed by atoms with Crippen LogP contribution in [0.25, 0.3) is 5.69 Å². The van der Waals surface area contributed by atoms with Crippen LogP contribution in [0.5, 0.6) is 0 Å². The summed E-state index contributed by atoms with van der Waals surface area (Å²) < 4.78 is 1.58. The molecule has 0 aliphatic heterocycles. The Morgan fingerprint density at radius 3 is 2.81 bits per heavy atom. The van der Waals surface area contributed by atoms with Crippen LogP contribution in [0.2, 0.25) is 5.02 Å². The van der Waals surface area contributed by atoms with Gasteiger partial charge in [0.1, 0.15) is 12.7 Å². The minimum absolute atomic E-state index is 0.145. The van der Waals surface area contributed by atoms with Crippen molar-refractivity contribution in [1.82, 2.24) is 20.1 Å². The molecule has 0 radical (unpaired) electrons. The highest BCUT2D eigenvalue weighted by atomic mass is 35.5. The van der Waals surface area contributed by atoms with Gasteiger partial charge in [-0.15, -0.1) is 0 Å². The van der Waals surface area contributed by atoms with Gasteiger partial charge in [-0.1, -0.05) is 18.5 Å². The molecule has 1 heterocycles. The van der Waals surface area contributed by atoms with Crippen molar-refractivity contribution in [3.05, 3.63) is 35.9 Å². The number of anilines is 1. The molecule has 112 valence electrons. The minimum atomic E-state index is -0.684. The van der Waals surface area contributed by atoms with Crippen molar-refractivity contribution in [2.75, 3.05) is 11.9 Å². The average molecular weight is 308 g/mol. The van der Waals surface area contributed by atoms with Gasteiger partial charge in [-0.2, -0.15) is 5.10 Å². The van der Waals surface area contributed by atoms with E-state index in [1.165, 1.54) is 6.33 Å². The number of rotatable bonds is 5. The molecule has 0 spiro atoms. The molecule has 0 saturated heterocycles. The summed E-state index contributed by atoms with van der Waals surface area (Å²) in [6, 6.07) is 5.22. The summed E-state index contributed by atoms with van der Waals surface area (Å²) in [4.78, 5) is 16.3. The second kappa shape index (κ2) is 6.24. The standard InChI is InChI=1S/C14H18ClN5O/c1-4-17-14(2,3)13(21)19-11-7-10(15)5-6-12(11)20-9-16-8-18-20/h5-9,17H,4H2,1-3H3,(H,19,21). The van der Waals surface area contributed by atoms with Gasteiger partial charge >= 0.3 is 0 Å². The molecule has 1 aromatic carbocycles. The lowest BCUT2D eigenvalue weighted by atomic mass is 10.0. The van der Waals surface area contributed by atoms with Gasteiger partial charge in [-0.05, 0) is 38.6 Å². The van der Waals surface area contributed by atoms with E-state index in [1.54, 1.807) is 29.2 Å². The van der Waals surface area contributed by atoms with Crippen LogP contribution in [-0.4, -0.2) is 32.8 Å². The van der Waals surface area contributed by atoms with Crippen LogP contribution in [-0.2, 0) is 4.79 Å². The Balaban J connectivity index is 2.31. The molecule has 21 heavy (non-hydrogen) atoms. The Hall–Kier alpha value is -1.92. The third-order valence-electron chi connectivity index (χ3n) is 3.06. The van der Waals surface area contributed by atoms with Gasteiger partial charge in [0.15, 0.2) is 0 Å². The lowest BCUT2D eigenvalue weighted by molar-refractivity contribution is -0.121. The molecule has 0 aliphatic rings. The monoisotopic (exact) mass is 307 g/mol. The van der Waals surface area contributed by atoms with E-state index in [4.69, 9.17) is 11.6 Å². The summed E-state index contributed by atoms with van der Waals surface area (Å²) in [5, 5.41) is 10.6. The van der Waals surface area contributed by atoms with Crippen LogP contribution in [0.3, 0.4) is 0 Å². The number of benzene rings is 1. The number of aromatic nitrogens is 3. The van der Waals surface area contributed by atoms with E-state index in [9.17, 15) is 4.79 Å². The van der Waals surface area contributed by atoms with E-state index >= 15 is 0 Å². The molecular formula is C14H18ClN5O. The van der Waals surface area contributed by atoms with Crippen LogP contribution in [0, 0.1) is 0 Å². The minimum Gasteiger partial charge on any atom is -0.323 e. The SMILES string of the molecule is CCNC(C)(C)C(=O)Nc1cc(Cl)ccc1-n1cncn1. The van der Waals surface area contributed by atoms with E-state index in [0.29, 0.717) is 22.9 Å². The number of carbonyl (C=O) groups excluding carboxylic acids is 1. The number of nitrogens with zero attached hydrogens (tertiary/aromatic N) is 3. The van der Waals surface area contributed by atoms with Crippen LogP contribution < -0.4 is 10.6 Å². The quantitative estimate of drug-likeness (QED) is 0.888. The lowest BCUT2D eigenvalue weighted by Gasteiger charge is -2.25. The molecule has 0 bridgehead atoms. The fourth-order valence-corrected chi connectivity index (χ4v) is 2.11. The van der Waals surface area contributed by atoms with Crippen molar-refractivity contribution in [2.45, 2.75) is 26.3 Å². The highest BCUT2D eigenvalue weighted by Crippen LogP contribution is 2.24. The molecule has 1 aromatic heterocycles. The lowest BCUT2D eigenvalue weighted by Crippen LogP contribution is -2.49. The average Bonchev–Trinajstić information content (AvgIpc) is 2.92. The Kier molecular flexibility index (Phi) is 4.59. The first-order valence-electron chi connectivity index (χ1n) is 6.65. The molecule has 0 fully saturated rings. The van der Waals surface area contributed by atoms with Crippen molar-refractivity contribution in [3.63, 3.8) is 0 Å². The molecule has 2 rings (SSSR count). The largest absolute Gasteiger partial charge is 0.323 e. The summed E-state index contributed by atoms with van der Waals surface area (Å²) in [7, 11) is 0. The fourth-order valence-electron chi connectivity index (χ4n) is 1.94. The fraction of sp³-hybridized carbons (Fsp3) is 0.357. The molecule has 6 nitrogen and oxygen atoms in total. The molecule has 2 N–H and O–H groups in total. The van der Waals surface area contributed by atoms with E-state index in [2.05, 4.69) is 20.7 Å². The predicted molar refractivity (Wildman–Crippen MR) is 82.8 cm³/mol. The Morgan fingerprint density at radius 2 is 2.19 bits per heavy atom. The second-order valence-electron chi connectivity index (χ2n) is 5.11. The van der Waals surface area contributed by atoms with Gasteiger partial charge in [-0.25, -0.2) is 9.67 Å². The maximum atomic E-state index is 12.4. The van der Waals surface area contributed by atoms with Crippen LogP contribution >= 0.6 is 11.6 Å². The number of amides is 1. The van der Waals surface area contributed by atoms with Gasteiger partial charge in [-0.3, -0.25) is 4.79 Å². The second-order valence-corrected chi connectivity index (χ2v) is 5.55. The van der Waals surface area contributed by atoms with E-state index in [-0.39, 0.29) is 5.91 Å². The van der Waals surface area contributed by atoms with Gasteiger partial charge in [0.2, 0.25) is 5.91 Å². The molecule has 0 atom stereocenters. The van der Waals surface area contributed by atoms with Crippen molar-refractivity contribution in [3.8, 4) is 5.69 Å². The number of likely N-dealkylation sites (N-methyl/N-ethyl adjacent to an activating group) is 1. The molecule has 0 unspecified atom stereocenters. The predicted octanol–water partition coefficient (Wildman–Crippen LogP) is 2.25. The molecule has 1 amide bonds. The zero-order valence-corrected chi connectivity index (χ0v) is 13.0. The van der Waals surface area contributed by atoms with Crippen molar-refractivity contribution in [1.29, 1.82) is 0 Å². The zero-order valence-electron chi connectivity index (χ0n) is 12.2. The van der Waals surface area contributed by atoms with Crippen molar-refractivity contribution >= 4 is 23.2 Å². The third-order valence-corrected chi connectivity index (χ3v) is 3.29. The van der Waals surface area contributed by atoms with Gasteiger partial charge < -0.3 is 10.6 Å². The molecular weight excluding hydrogens is 290 g/mol. The molecule has 2 aromatic rings. The summed E-state index contributed by atoms with van der Waals surface area (Å²) in [5.74, 6) is -0.145. The number of hydrogen-bond acceptors (Lipinski definition) is 4. The number of nitrogens with one attached hydrogen (secondary N) is 2. The first kappa shape index (κ1) is 15.5. The number of halogens is 1. The summed E-state index contributed by atoms with van der Waals surface area (Å²) in [6.07, 6.45) is 3.00. The third kappa shape index (κ3) is 3.59. The van der Waals surface area contributed by atoms with E-state index in [1.807, 2.05) is 20.8 Å². The normalized spacial score (nSPS) is 11.4. The Bertz CT molecular complexity index is 624. The van der Waals surface area contributed by atoms with Crippen molar-refractivity contribution in [2.24, 2.45) is 0 Å². The van der Waals surface area contributed by atoms with Gasteiger partial charge in [0.05, 0.1) is 16.9 Å². The molecule has 7 heteroatoms. The van der Waals surface area contributed by atoms with E-state index < -0.39 is 5.54 Å². The number of carbonyl (C=O) groups is 1. The Labute approximate surface area is 128 Å². The van der Waals surface area contributed by atoms with Crippen LogP contribution in [0.1, 0.15) is 20.8 Å². The maximum Gasteiger partial charge on any atom is 0.244 e. The topological polar surface area (TPSA) is 71.8 Å². The summed E-state index contributed by atoms with van der Waals surface area (Å²) in [5.41, 5.74) is 0.609. The smallest absolute Gasteiger partial charge is 0.244 e. The number of hydrogen-bond donors (Lipinski definition) is 2. The highest BCUT2D eigenvalue weighted by molar-refractivity contribution is 6.31. The Morgan fingerprint density at radius 1 is 1.43 bits per heavy atom. The van der Waals surface area contributed by atoms with Crippen LogP contribution in [0.15, 0.2) is 30.9 Å². The van der Waals surface area contributed by atoms with E-state index in [0.717, 1.165) is 0 Å². The first-order valence-corrected chi connectivity index (χ1v) is 7.03.